The van der Waals surface area contributed by atoms with Gasteiger partial charge < -0.3 is 10.5 Å². The van der Waals surface area contributed by atoms with Crippen LogP contribution in [0.4, 0.5) is 0 Å². The maximum Gasteiger partial charge on any atom is 0.340 e. The molecule has 0 aliphatic rings. The predicted molar refractivity (Wildman–Crippen MR) is 66.8 cm³/mol. The maximum absolute atomic E-state index is 11.8. The fourth-order valence-electron chi connectivity index (χ4n) is 1.38. The van der Waals surface area contributed by atoms with Gasteiger partial charge in [0, 0.05) is 12.4 Å². The first kappa shape index (κ1) is 13.6. The van der Waals surface area contributed by atoms with Gasteiger partial charge in [-0.1, -0.05) is 0 Å². The van der Waals surface area contributed by atoms with E-state index in [9.17, 15) is 4.79 Å². The largest absolute Gasteiger partial charge is 0.456 e. The first-order valence-electron chi connectivity index (χ1n) is 5.80. The quantitative estimate of drug-likeness (QED) is 0.811. The van der Waals surface area contributed by atoms with Crippen molar-refractivity contribution in [3.05, 3.63) is 29.6 Å². The summed E-state index contributed by atoms with van der Waals surface area (Å²) in [4.78, 5) is 15.8. The summed E-state index contributed by atoms with van der Waals surface area (Å²) in [5.41, 5.74) is 6.47. The van der Waals surface area contributed by atoms with Crippen molar-refractivity contribution in [2.45, 2.75) is 39.2 Å². The molecule has 2 N–H and O–H groups in total. The third-order valence-corrected chi connectivity index (χ3v) is 2.10. The highest BCUT2D eigenvalue weighted by molar-refractivity contribution is 5.89. The molecule has 17 heavy (non-hydrogen) atoms. The number of aromatic nitrogens is 1. The van der Waals surface area contributed by atoms with Gasteiger partial charge in [0.2, 0.25) is 0 Å². The Morgan fingerprint density at radius 2 is 2.12 bits per heavy atom. The molecule has 0 aliphatic heterocycles. The highest BCUT2D eigenvalue weighted by Gasteiger charge is 2.18. The van der Waals surface area contributed by atoms with Crippen LogP contribution in [0.15, 0.2) is 18.5 Å². The van der Waals surface area contributed by atoms with Gasteiger partial charge in [-0.3, -0.25) is 4.98 Å². The van der Waals surface area contributed by atoms with Crippen LogP contribution in [-0.2, 0) is 11.2 Å². The normalized spacial score (nSPS) is 11.3. The Labute approximate surface area is 102 Å². The minimum absolute atomic E-state index is 0.334. The molecule has 4 nitrogen and oxygen atoms in total. The summed E-state index contributed by atoms with van der Waals surface area (Å²) in [7, 11) is 0. The zero-order valence-corrected chi connectivity index (χ0v) is 10.7. The average molecular weight is 236 g/mol. The summed E-state index contributed by atoms with van der Waals surface area (Å²) in [6.07, 6.45) is 5.00. The molecule has 1 rings (SSSR count). The van der Waals surface area contributed by atoms with Gasteiger partial charge in [0.15, 0.2) is 0 Å². The first-order chi connectivity index (χ1) is 7.92. The molecule has 0 saturated carbocycles. The molecule has 1 aromatic rings. The zero-order valence-electron chi connectivity index (χ0n) is 10.7. The molecule has 0 amide bonds. The third kappa shape index (κ3) is 4.95. The van der Waals surface area contributed by atoms with Crippen molar-refractivity contribution < 1.29 is 9.53 Å². The summed E-state index contributed by atoms with van der Waals surface area (Å²) < 4.78 is 5.28. The fraction of sp³-hybridized carbons (Fsp3) is 0.538. The van der Waals surface area contributed by atoms with Gasteiger partial charge in [0.05, 0.1) is 5.56 Å². The highest BCUT2D eigenvalue weighted by Crippen LogP contribution is 2.13. The minimum Gasteiger partial charge on any atom is -0.456 e. The van der Waals surface area contributed by atoms with E-state index in [4.69, 9.17) is 10.5 Å². The molecule has 0 unspecified atom stereocenters. The van der Waals surface area contributed by atoms with E-state index in [1.807, 2.05) is 26.8 Å². The van der Waals surface area contributed by atoms with Crippen molar-refractivity contribution in [3.63, 3.8) is 0 Å². The molecule has 4 heteroatoms. The van der Waals surface area contributed by atoms with Gasteiger partial charge in [-0.05, 0) is 51.8 Å². The highest BCUT2D eigenvalue weighted by atomic mass is 16.6. The lowest BCUT2D eigenvalue weighted by molar-refractivity contribution is 0.00689. The van der Waals surface area contributed by atoms with Crippen molar-refractivity contribution in [1.82, 2.24) is 4.98 Å². The van der Waals surface area contributed by atoms with Crippen molar-refractivity contribution in [2.24, 2.45) is 5.73 Å². The van der Waals surface area contributed by atoms with Crippen molar-refractivity contribution in [1.29, 1.82) is 0 Å². The molecule has 0 radical (unpaired) electrons. The summed E-state index contributed by atoms with van der Waals surface area (Å²) in [6, 6.07) is 1.82. The fourth-order valence-corrected chi connectivity index (χ4v) is 1.38. The molecule has 0 aliphatic carbocycles. The van der Waals surface area contributed by atoms with Gasteiger partial charge in [-0.2, -0.15) is 0 Å². The number of hydrogen-bond donors (Lipinski definition) is 1. The van der Waals surface area contributed by atoms with E-state index in [1.54, 1.807) is 6.20 Å². The number of carbonyl (C=O) groups excluding carboxylic acids is 1. The average Bonchev–Trinajstić information content (AvgIpc) is 2.24. The molecule has 94 valence electrons. The van der Waals surface area contributed by atoms with Crippen LogP contribution >= 0.6 is 0 Å². The van der Waals surface area contributed by atoms with Crippen LogP contribution in [0.2, 0.25) is 0 Å². The number of carbonyl (C=O) groups is 1. The number of esters is 1. The Balaban J connectivity index is 2.74. The molecule has 0 aromatic carbocycles. The van der Waals surface area contributed by atoms with Gasteiger partial charge in [0.1, 0.15) is 5.60 Å². The predicted octanol–water partition coefficient (Wildman–Crippen LogP) is 1.93. The topological polar surface area (TPSA) is 65.2 Å². The van der Waals surface area contributed by atoms with Crippen LogP contribution in [0, 0.1) is 0 Å². The number of ether oxygens (including phenoxy) is 1. The number of pyridine rings is 1. The Kier molecular flexibility index (Phi) is 4.63. The monoisotopic (exact) mass is 236 g/mol. The Hall–Kier alpha value is -1.42. The summed E-state index contributed by atoms with van der Waals surface area (Å²) >= 11 is 0. The Morgan fingerprint density at radius 1 is 1.41 bits per heavy atom. The van der Waals surface area contributed by atoms with E-state index in [0.29, 0.717) is 12.1 Å². The van der Waals surface area contributed by atoms with Crippen molar-refractivity contribution >= 4 is 5.97 Å². The molecule has 1 heterocycles. The number of aryl methyl sites for hydroxylation is 1. The molecule has 1 aromatic heterocycles. The van der Waals surface area contributed by atoms with E-state index in [-0.39, 0.29) is 5.97 Å². The second kappa shape index (κ2) is 5.77. The number of hydrogen-bond acceptors (Lipinski definition) is 4. The summed E-state index contributed by atoms with van der Waals surface area (Å²) in [6.45, 7) is 6.17. The maximum atomic E-state index is 11.8. The second-order valence-corrected chi connectivity index (χ2v) is 4.98. The molecular weight excluding hydrogens is 216 g/mol. The van der Waals surface area contributed by atoms with Crippen molar-refractivity contribution in [3.8, 4) is 0 Å². The van der Waals surface area contributed by atoms with Crippen molar-refractivity contribution in [2.75, 3.05) is 6.54 Å². The van der Waals surface area contributed by atoms with Gasteiger partial charge in [0.25, 0.3) is 0 Å². The van der Waals surface area contributed by atoms with Crippen LogP contribution in [0.3, 0.4) is 0 Å². The second-order valence-electron chi connectivity index (χ2n) is 4.98. The van der Waals surface area contributed by atoms with Crippen LogP contribution in [-0.4, -0.2) is 23.1 Å². The number of rotatable bonds is 4. The lowest BCUT2D eigenvalue weighted by atomic mass is 10.1. The molecule has 0 bridgehead atoms. The van der Waals surface area contributed by atoms with E-state index in [2.05, 4.69) is 4.98 Å². The smallest absolute Gasteiger partial charge is 0.340 e. The first-order valence-corrected chi connectivity index (χ1v) is 5.80. The van der Waals surface area contributed by atoms with E-state index in [1.165, 1.54) is 6.20 Å². The van der Waals surface area contributed by atoms with Gasteiger partial charge >= 0.3 is 5.97 Å². The van der Waals surface area contributed by atoms with E-state index < -0.39 is 5.60 Å². The molecule has 0 fully saturated rings. The lowest BCUT2D eigenvalue weighted by Gasteiger charge is -2.19. The van der Waals surface area contributed by atoms with Crippen LogP contribution in [0.5, 0.6) is 0 Å². The Bertz CT molecular complexity index is 383. The summed E-state index contributed by atoms with van der Waals surface area (Å²) in [5.74, 6) is -0.334. The van der Waals surface area contributed by atoms with Crippen LogP contribution in [0.25, 0.3) is 0 Å². The van der Waals surface area contributed by atoms with Gasteiger partial charge in [-0.15, -0.1) is 0 Å². The third-order valence-electron chi connectivity index (χ3n) is 2.10. The zero-order chi connectivity index (χ0) is 12.9. The molecular formula is C13H20N2O2. The van der Waals surface area contributed by atoms with Crippen LogP contribution < -0.4 is 5.73 Å². The van der Waals surface area contributed by atoms with E-state index >= 15 is 0 Å². The standard InChI is InChI=1S/C13H20N2O2/c1-13(2,3)17-12(16)11-7-10(5-4-6-14)8-15-9-11/h7-9H,4-6,14H2,1-3H3. The van der Waals surface area contributed by atoms with Crippen LogP contribution in [0.1, 0.15) is 43.1 Å². The molecule has 0 saturated heterocycles. The van der Waals surface area contributed by atoms with E-state index in [0.717, 1.165) is 18.4 Å². The number of nitrogens with two attached hydrogens (primary N) is 1. The summed E-state index contributed by atoms with van der Waals surface area (Å²) in [5, 5.41) is 0. The Morgan fingerprint density at radius 3 is 2.71 bits per heavy atom. The minimum atomic E-state index is -0.482. The lowest BCUT2D eigenvalue weighted by Crippen LogP contribution is -2.24. The molecule has 0 spiro atoms. The SMILES string of the molecule is CC(C)(C)OC(=O)c1cncc(CCCN)c1. The molecule has 0 atom stereocenters. The van der Waals surface area contributed by atoms with Gasteiger partial charge in [-0.25, -0.2) is 4.79 Å². The number of nitrogens with zero attached hydrogens (tertiary/aromatic N) is 1.